The monoisotopic (exact) mass is 610 g/mol. The van der Waals surface area contributed by atoms with Gasteiger partial charge >= 0.3 is 0 Å². The van der Waals surface area contributed by atoms with Crippen molar-refractivity contribution in [2.45, 2.75) is 43.6 Å². The molecule has 2 fully saturated rings. The van der Waals surface area contributed by atoms with E-state index < -0.39 is 0 Å². The smallest absolute Gasteiger partial charge is 0.253 e. The van der Waals surface area contributed by atoms with Crippen LogP contribution in [0.1, 0.15) is 48.0 Å². The maximum atomic E-state index is 13.1. The summed E-state index contributed by atoms with van der Waals surface area (Å²) in [4.78, 5) is 28.2. The van der Waals surface area contributed by atoms with Gasteiger partial charge in [-0.15, -0.1) is 5.10 Å². The number of anilines is 3. The summed E-state index contributed by atoms with van der Waals surface area (Å²) in [5, 5.41) is 8.73. The summed E-state index contributed by atoms with van der Waals surface area (Å²) in [6.07, 6.45) is 6.65. The van der Waals surface area contributed by atoms with Gasteiger partial charge in [0, 0.05) is 60.5 Å². The number of carbonyl (C=O) groups excluding carboxylic acids is 1. The van der Waals surface area contributed by atoms with Gasteiger partial charge in [-0.05, 0) is 99.9 Å². The van der Waals surface area contributed by atoms with E-state index in [1.165, 1.54) is 5.56 Å². The first-order valence-corrected chi connectivity index (χ1v) is 15.8. The van der Waals surface area contributed by atoms with Crippen LogP contribution in [0.5, 0.6) is 0 Å². The van der Waals surface area contributed by atoms with Gasteiger partial charge < -0.3 is 24.9 Å². The molecule has 0 unspecified atom stereocenters. The Hall–Kier alpha value is -4.13. The highest BCUT2D eigenvalue weighted by Crippen LogP contribution is 2.41. The number of pyridine rings is 1. The van der Waals surface area contributed by atoms with E-state index in [0.717, 1.165) is 80.3 Å². The Balaban J connectivity index is 1.14. The zero-order chi connectivity index (χ0) is 30.7. The van der Waals surface area contributed by atoms with Crippen molar-refractivity contribution in [2.24, 2.45) is 0 Å². The molecule has 228 valence electrons. The van der Waals surface area contributed by atoms with Crippen molar-refractivity contribution in [3.8, 4) is 0 Å². The van der Waals surface area contributed by atoms with E-state index in [2.05, 4.69) is 50.3 Å². The number of carbonyl (C=O) groups is 1. The minimum Gasteiger partial charge on any atom is -0.368 e. The fraction of sp³-hybridized carbons (Fsp3) is 0.412. The molecular formula is C34H39ClN8O. The largest absolute Gasteiger partial charge is 0.368 e. The second-order valence-corrected chi connectivity index (χ2v) is 12.6. The molecule has 0 atom stereocenters. The van der Waals surface area contributed by atoms with Gasteiger partial charge in [-0.2, -0.15) is 4.98 Å². The number of hydrogen-bond acceptors (Lipinski definition) is 6. The predicted molar refractivity (Wildman–Crippen MR) is 176 cm³/mol. The lowest BCUT2D eigenvalue weighted by Gasteiger charge is -2.42. The number of likely N-dealkylation sites (tertiary alicyclic amines) is 1. The van der Waals surface area contributed by atoms with E-state index in [1.807, 2.05) is 65.1 Å². The van der Waals surface area contributed by atoms with E-state index in [4.69, 9.17) is 23.2 Å². The number of hydrogen-bond donors (Lipinski definition) is 1. The van der Waals surface area contributed by atoms with E-state index >= 15 is 0 Å². The number of aromatic nitrogens is 3. The molecular weight excluding hydrogens is 572 g/mol. The number of amides is 1. The van der Waals surface area contributed by atoms with Gasteiger partial charge in [0.25, 0.3) is 5.91 Å². The van der Waals surface area contributed by atoms with Gasteiger partial charge in [0.1, 0.15) is 0 Å². The van der Waals surface area contributed by atoms with Gasteiger partial charge in [-0.3, -0.25) is 4.79 Å². The molecule has 9 nitrogen and oxygen atoms in total. The Morgan fingerprint density at radius 2 is 1.77 bits per heavy atom. The number of nitrogens with zero attached hydrogens (tertiary/aromatic N) is 7. The average Bonchev–Trinajstić information content (AvgIpc) is 3.47. The molecule has 10 heteroatoms. The maximum Gasteiger partial charge on any atom is 0.253 e. The molecule has 0 bridgehead atoms. The standard InChI is InChI=1S/C34H39ClN8O/c1-36-19-16-34(26-8-10-27(35)11-9-26)17-23-42(24-18-34)30-5-4-20-43-31(30)38-33(39-43)37-28-12-6-25(7-13-28)32(44)41(3)29-14-21-40(2)22-15-29/h4-13,20,29H,14-19,21-24H2,2-3H3,(H,37,39). The zero-order valence-corrected chi connectivity index (χ0v) is 26.2. The highest BCUT2D eigenvalue weighted by atomic mass is 35.5. The fourth-order valence-corrected chi connectivity index (χ4v) is 6.83. The molecule has 44 heavy (non-hydrogen) atoms. The molecule has 2 aliphatic heterocycles. The summed E-state index contributed by atoms with van der Waals surface area (Å²) >= 11 is 6.18. The van der Waals surface area contributed by atoms with Crippen LogP contribution in [0.25, 0.3) is 10.5 Å². The van der Waals surface area contributed by atoms with Gasteiger partial charge in [-0.25, -0.2) is 11.1 Å². The molecule has 0 saturated carbocycles. The first-order chi connectivity index (χ1) is 21.3. The van der Waals surface area contributed by atoms with Crippen molar-refractivity contribution < 1.29 is 4.79 Å². The van der Waals surface area contributed by atoms with Crippen LogP contribution in [0.4, 0.5) is 17.3 Å². The number of nitrogens with one attached hydrogen (secondary N) is 1. The molecule has 4 heterocycles. The molecule has 4 aromatic rings. The predicted octanol–water partition coefficient (Wildman–Crippen LogP) is 6.14. The SMILES string of the molecule is [C-]#[N+]CCC1(c2ccc(Cl)cc2)CCN(c2cccn3nc(Nc4ccc(C(=O)N(C)C5CCN(C)CC5)cc4)nc23)CC1. The van der Waals surface area contributed by atoms with Crippen LogP contribution in [-0.4, -0.2) is 83.2 Å². The van der Waals surface area contributed by atoms with Crippen molar-refractivity contribution in [2.75, 3.05) is 57.0 Å². The summed E-state index contributed by atoms with van der Waals surface area (Å²) in [5.74, 6) is 0.557. The molecule has 2 saturated heterocycles. The van der Waals surface area contributed by atoms with E-state index in [0.29, 0.717) is 18.1 Å². The number of piperidine rings is 2. The van der Waals surface area contributed by atoms with Gasteiger partial charge in [0.15, 0.2) is 5.65 Å². The van der Waals surface area contributed by atoms with E-state index in [-0.39, 0.29) is 17.4 Å². The fourth-order valence-electron chi connectivity index (χ4n) is 6.70. The molecule has 1 N–H and O–H groups in total. The summed E-state index contributed by atoms with van der Waals surface area (Å²) in [6.45, 7) is 11.7. The Bertz CT molecular complexity index is 1630. The van der Waals surface area contributed by atoms with Crippen LogP contribution in [0, 0.1) is 6.57 Å². The molecule has 6 rings (SSSR count). The van der Waals surface area contributed by atoms with Crippen molar-refractivity contribution in [1.82, 2.24) is 24.4 Å². The van der Waals surface area contributed by atoms with E-state index in [1.54, 1.807) is 0 Å². The Labute approximate surface area is 264 Å². The summed E-state index contributed by atoms with van der Waals surface area (Å²) < 4.78 is 1.81. The lowest BCUT2D eigenvalue weighted by molar-refractivity contribution is 0.0659. The summed E-state index contributed by atoms with van der Waals surface area (Å²) in [7, 11) is 4.04. The Morgan fingerprint density at radius 3 is 2.45 bits per heavy atom. The zero-order valence-electron chi connectivity index (χ0n) is 25.4. The summed E-state index contributed by atoms with van der Waals surface area (Å²) in [5.41, 5.74) is 4.57. The van der Waals surface area contributed by atoms with Crippen molar-refractivity contribution >= 4 is 40.5 Å². The highest BCUT2D eigenvalue weighted by Gasteiger charge is 2.37. The third-order valence-corrected chi connectivity index (χ3v) is 9.76. The van der Waals surface area contributed by atoms with Crippen molar-refractivity contribution in [1.29, 1.82) is 0 Å². The van der Waals surface area contributed by atoms with Crippen LogP contribution < -0.4 is 10.2 Å². The third-order valence-electron chi connectivity index (χ3n) is 9.51. The lowest BCUT2D eigenvalue weighted by Crippen LogP contribution is -2.44. The molecule has 0 spiro atoms. The average molecular weight is 611 g/mol. The minimum atomic E-state index is -0.0352. The molecule has 2 aromatic heterocycles. The first kappa shape index (κ1) is 29.9. The first-order valence-electron chi connectivity index (χ1n) is 15.4. The maximum absolute atomic E-state index is 13.1. The molecule has 0 aliphatic carbocycles. The lowest BCUT2D eigenvalue weighted by atomic mass is 9.70. The normalized spacial score (nSPS) is 17.4. The van der Waals surface area contributed by atoms with E-state index in [9.17, 15) is 4.79 Å². The Kier molecular flexibility index (Phi) is 8.74. The Morgan fingerprint density at radius 1 is 1.07 bits per heavy atom. The number of fused-ring (bicyclic) bond motifs is 1. The van der Waals surface area contributed by atoms with Crippen LogP contribution >= 0.6 is 11.6 Å². The second-order valence-electron chi connectivity index (χ2n) is 12.2. The van der Waals surface area contributed by atoms with Crippen LogP contribution in [-0.2, 0) is 5.41 Å². The van der Waals surface area contributed by atoms with Gasteiger partial charge in [0.2, 0.25) is 12.5 Å². The highest BCUT2D eigenvalue weighted by molar-refractivity contribution is 6.30. The molecule has 1 amide bonds. The molecule has 0 radical (unpaired) electrons. The number of halogens is 1. The number of benzene rings is 2. The third kappa shape index (κ3) is 6.23. The van der Waals surface area contributed by atoms with Gasteiger partial charge in [0.05, 0.1) is 5.69 Å². The van der Waals surface area contributed by atoms with Crippen LogP contribution in [0.2, 0.25) is 5.02 Å². The number of rotatable bonds is 8. The summed E-state index contributed by atoms with van der Waals surface area (Å²) in [6, 6.07) is 20.1. The van der Waals surface area contributed by atoms with Gasteiger partial charge in [-0.1, -0.05) is 23.7 Å². The molecule has 2 aliphatic rings. The second kappa shape index (κ2) is 12.8. The van der Waals surface area contributed by atoms with Crippen LogP contribution in [0.15, 0.2) is 66.9 Å². The molecule has 2 aromatic carbocycles. The van der Waals surface area contributed by atoms with Crippen molar-refractivity contribution in [3.63, 3.8) is 0 Å². The van der Waals surface area contributed by atoms with Crippen molar-refractivity contribution in [3.05, 3.63) is 94.4 Å². The topological polar surface area (TPSA) is 73.4 Å². The van der Waals surface area contributed by atoms with Crippen LogP contribution in [0.3, 0.4) is 0 Å². The quantitative estimate of drug-likeness (QED) is 0.242. The minimum absolute atomic E-state index is 0.0352.